The van der Waals surface area contributed by atoms with Gasteiger partial charge in [0.15, 0.2) is 0 Å². The van der Waals surface area contributed by atoms with Crippen LogP contribution in [0.3, 0.4) is 0 Å². The maximum Gasteiger partial charge on any atom is 0.251 e. The molecule has 6 heteroatoms. The van der Waals surface area contributed by atoms with Crippen LogP contribution in [0.1, 0.15) is 34.3 Å². The van der Waals surface area contributed by atoms with Gasteiger partial charge in [-0.3, -0.25) is 9.59 Å². The molecule has 0 radical (unpaired) electrons. The van der Waals surface area contributed by atoms with Crippen LogP contribution >= 0.6 is 11.8 Å². The molecule has 2 aliphatic heterocycles. The van der Waals surface area contributed by atoms with E-state index in [9.17, 15) is 9.59 Å². The van der Waals surface area contributed by atoms with Crippen LogP contribution in [0.5, 0.6) is 0 Å². The van der Waals surface area contributed by atoms with E-state index in [-0.39, 0.29) is 17.9 Å². The zero-order valence-corrected chi connectivity index (χ0v) is 16.8. The summed E-state index contributed by atoms with van der Waals surface area (Å²) >= 11 is 1.53. The highest BCUT2D eigenvalue weighted by atomic mass is 32.2. The number of aryl methyl sites for hydroxylation is 1. The maximum absolute atomic E-state index is 12.6. The number of rotatable bonds is 5. The van der Waals surface area contributed by atoms with Crippen molar-refractivity contribution in [2.45, 2.75) is 37.3 Å². The van der Waals surface area contributed by atoms with E-state index in [0.29, 0.717) is 24.4 Å². The molecule has 0 aromatic heterocycles. The number of amides is 2. The van der Waals surface area contributed by atoms with Crippen LogP contribution < -0.4 is 10.2 Å². The average Bonchev–Trinajstić information content (AvgIpc) is 3.22. The fourth-order valence-electron chi connectivity index (χ4n) is 3.62. The highest BCUT2D eigenvalue weighted by Gasteiger charge is 2.26. The number of carbonyl (C=O) groups is 2. The van der Waals surface area contributed by atoms with Crippen molar-refractivity contribution in [1.82, 2.24) is 5.32 Å². The van der Waals surface area contributed by atoms with Gasteiger partial charge in [-0.25, -0.2) is 0 Å². The zero-order valence-electron chi connectivity index (χ0n) is 15.9. The minimum absolute atomic E-state index is 0.0657. The van der Waals surface area contributed by atoms with Gasteiger partial charge in [-0.2, -0.15) is 0 Å². The SMILES string of the molecule is Cc1cccc(CN2C(=O)CSc3ccc(C(=O)NCC4CCCO4)cc32)c1. The molecule has 1 unspecified atom stereocenters. The highest BCUT2D eigenvalue weighted by molar-refractivity contribution is 8.00. The van der Waals surface area contributed by atoms with Gasteiger partial charge < -0.3 is 15.0 Å². The molecule has 2 amide bonds. The van der Waals surface area contributed by atoms with Crippen molar-refractivity contribution in [3.8, 4) is 0 Å². The Morgan fingerprint density at radius 2 is 2.18 bits per heavy atom. The minimum Gasteiger partial charge on any atom is -0.376 e. The predicted octanol–water partition coefficient (Wildman–Crippen LogP) is 3.54. The lowest BCUT2D eigenvalue weighted by Crippen LogP contribution is -2.35. The van der Waals surface area contributed by atoms with E-state index in [0.717, 1.165) is 35.6 Å². The van der Waals surface area contributed by atoms with E-state index in [1.54, 1.807) is 4.90 Å². The summed E-state index contributed by atoms with van der Waals surface area (Å²) in [6, 6.07) is 13.8. The zero-order chi connectivity index (χ0) is 19.5. The lowest BCUT2D eigenvalue weighted by molar-refractivity contribution is -0.116. The number of thioether (sulfide) groups is 1. The number of fused-ring (bicyclic) bond motifs is 1. The van der Waals surface area contributed by atoms with Crippen LogP contribution in [-0.2, 0) is 16.1 Å². The molecule has 2 aliphatic rings. The summed E-state index contributed by atoms with van der Waals surface area (Å²) in [6.07, 6.45) is 2.14. The largest absolute Gasteiger partial charge is 0.376 e. The number of benzene rings is 2. The van der Waals surface area contributed by atoms with Crippen LogP contribution in [0.25, 0.3) is 0 Å². The Morgan fingerprint density at radius 3 is 2.96 bits per heavy atom. The van der Waals surface area contributed by atoms with Crippen molar-refractivity contribution in [1.29, 1.82) is 0 Å². The normalized spacial score (nSPS) is 18.8. The van der Waals surface area contributed by atoms with E-state index < -0.39 is 0 Å². The Labute approximate surface area is 169 Å². The molecule has 0 saturated carbocycles. The first-order valence-electron chi connectivity index (χ1n) is 9.63. The van der Waals surface area contributed by atoms with E-state index in [1.165, 1.54) is 17.3 Å². The molecule has 4 rings (SSSR count). The topological polar surface area (TPSA) is 58.6 Å². The van der Waals surface area contributed by atoms with Gasteiger partial charge in [0.2, 0.25) is 5.91 Å². The van der Waals surface area contributed by atoms with Gasteiger partial charge in [-0.15, -0.1) is 11.8 Å². The summed E-state index contributed by atoms with van der Waals surface area (Å²) < 4.78 is 5.57. The number of hydrogen-bond acceptors (Lipinski definition) is 4. The molecule has 0 spiro atoms. The lowest BCUT2D eigenvalue weighted by atomic mass is 10.1. The molecule has 28 heavy (non-hydrogen) atoms. The molecule has 5 nitrogen and oxygen atoms in total. The summed E-state index contributed by atoms with van der Waals surface area (Å²) in [5.41, 5.74) is 3.63. The van der Waals surface area contributed by atoms with Crippen molar-refractivity contribution >= 4 is 29.3 Å². The first-order valence-corrected chi connectivity index (χ1v) is 10.6. The van der Waals surface area contributed by atoms with Gasteiger partial charge in [0, 0.05) is 23.6 Å². The number of carbonyl (C=O) groups excluding carboxylic acids is 2. The van der Waals surface area contributed by atoms with Crippen LogP contribution in [0, 0.1) is 6.92 Å². The van der Waals surface area contributed by atoms with Gasteiger partial charge >= 0.3 is 0 Å². The first-order chi connectivity index (χ1) is 13.6. The lowest BCUT2D eigenvalue weighted by Gasteiger charge is -2.29. The molecule has 0 aliphatic carbocycles. The van der Waals surface area contributed by atoms with Crippen LogP contribution in [0.2, 0.25) is 0 Å². The Morgan fingerprint density at radius 1 is 1.29 bits per heavy atom. The third-order valence-corrected chi connectivity index (χ3v) is 6.15. The summed E-state index contributed by atoms with van der Waals surface area (Å²) in [4.78, 5) is 28.0. The Balaban J connectivity index is 1.54. The average molecular weight is 397 g/mol. The van der Waals surface area contributed by atoms with Gasteiger partial charge in [0.25, 0.3) is 5.91 Å². The molecule has 1 saturated heterocycles. The quantitative estimate of drug-likeness (QED) is 0.840. The third kappa shape index (κ3) is 4.23. The van der Waals surface area contributed by atoms with Gasteiger partial charge in [0.05, 0.1) is 24.1 Å². The van der Waals surface area contributed by atoms with Crippen LogP contribution in [0.4, 0.5) is 5.69 Å². The van der Waals surface area contributed by atoms with Gasteiger partial charge in [-0.05, 0) is 43.5 Å². The molecular weight excluding hydrogens is 372 g/mol. The van der Waals surface area contributed by atoms with Crippen LogP contribution in [0.15, 0.2) is 47.4 Å². The second-order valence-corrected chi connectivity index (χ2v) is 8.30. The molecule has 2 aromatic rings. The molecule has 0 bridgehead atoms. The predicted molar refractivity (Wildman–Crippen MR) is 111 cm³/mol. The second-order valence-electron chi connectivity index (χ2n) is 7.29. The van der Waals surface area contributed by atoms with Crippen molar-refractivity contribution in [3.63, 3.8) is 0 Å². The molecular formula is C22H24N2O3S. The van der Waals surface area contributed by atoms with E-state index in [2.05, 4.69) is 11.4 Å². The molecule has 146 valence electrons. The second kappa shape index (κ2) is 8.37. The van der Waals surface area contributed by atoms with Crippen molar-refractivity contribution in [2.24, 2.45) is 0 Å². The Kier molecular flexibility index (Phi) is 5.69. The number of hydrogen-bond donors (Lipinski definition) is 1. The van der Waals surface area contributed by atoms with E-state index >= 15 is 0 Å². The number of anilines is 1. The Hall–Kier alpha value is -2.31. The van der Waals surface area contributed by atoms with E-state index in [1.807, 2.05) is 43.3 Å². The highest BCUT2D eigenvalue weighted by Crippen LogP contribution is 2.37. The van der Waals surface area contributed by atoms with E-state index in [4.69, 9.17) is 4.74 Å². The van der Waals surface area contributed by atoms with Gasteiger partial charge in [-0.1, -0.05) is 29.8 Å². The number of ether oxygens (including phenoxy) is 1. The third-order valence-electron chi connectivity index (χ3n) is 5.10. The fourth-order valence-corrected chi connectivity index (χ4v) is 4.54. The minimum atomic E-state index is -0.128. The molecule has 1 fully saturated rings. The fraction of sp³-hybridized carbons (Fsp3) is 0.364. The number of nitrogens with zero attached hydrogens (tertiary/aromatic N) is 1. The monoisotopic (exact) mass is 396 g/mol. The van der Waals surface area contributed by atoms with Gasteiger partial charge in [0.1, 0.15) is 0 Å². The summed E-state index contributed by atoms with van der Waals surface area (Å²) in [7, 11) is 0. The van der Waals surface area contributed by atoms with Crippen LogP contribution in [-0.4, -0.2) is 36.8 Å². The summed E-state index contributed by atoms with van der Waals surface area (Å²) in [6.45, 7) is 3.85. The van der Waals surface area contributed by atoms with Crippen molar-refractivity contribution < 1.29 is 14.3 Å². The Bertz CT molecular complexity index is 893. The smallest absolute Gasteiger partial charge is 0.251 e. The molecule has 2 heterocycles. The molecule has 1 N–H and O–H groups in total. The van der Waals surface area contributed by atoms with Crippen molar-refractivity contribution in [3.05, 3.63) is 59.2 Å². The molecule has 1 atom stereocenters. The summed E-state index contributed by atoms with van der Waals surface area (Å²) in [5.74, 6) is 0.358. The standard InChI is InChI=1S/C22H24N2O3S/c1-15-4-2-5-16(10-15)13-24-19-11-17(7-8-20(19)28-14-21(24)25)22(26)23-12-18-6-3-9-27-18/h2,4-5,7-8,10-11,18H,3,6,9,12-14H2,1H3,(H,23,26). The molecule has 2 aromatic carbocycles. The van der Waals surface area contributed by atoms with Crippen molar-refractivity contribution in [2.75, 3.05) is 23.8 Å². The number of nitrogens with one attached hydrogen (secondary N) is 1. The first kappa shape index (κ1) is 19.0. The maximum atomic E-state index is 12.6. The summed E-state index contributed by atoms with van der Waals surface area (Å²) in [5, 5.41) is 2.96.